The molecule has 1 N–H and O–H groups in total. The molecule has 0 aromatic carbocycles. The van der Waals surface area contributed by atoms with E-state index in [0.29, 0.717) is 13.2 Å². The SMILES string of the molecule is CCNC(=NCc1ncc(CC)s1)N1CCC(C(=O)OCC)CC1.I. The Morgan fingerprint density at radius 1 is 1.40 bits per heavy atom. The smallest absolute Gasteiger partial charge is 0.309 e. The Hall–Kier alpha value is -0.900. The Balaban J connectivity index is 0.00000312. The van der Waals surface area contributed by atoms with E-state index in [4.69, 9.17) is 9.73 Å². The van der Waals surface area contributed by atoms with Crippen LogP contribution in [0.25, 0.3) is 0 Å². The number of ether oxygens (including phenoxy) is 1. The number of aromatic nitrogens is 1. The fraction of sp³-hybridized carbons (Fsp3) is 0.706. The number of likely N-dealkylation sites (tertiary alicyclic amines) is 1. The zero-order valence-electron chi connectivity index (χ0n) is 15.3. The second-order valence-corrected chi connectivity index (χ2v) is 6.96. The third-order valence-corrected chi connectivity index (χ3v) is 5.19. The van der Waals surface area contributed by atoms with Gasteiger partial charge >= 0.3 is 5.97 Å². The number of aryl methyl sites for hydroxylation is 1. The van der Waals surface area contributed by atoms with Gasteiger partial charge in [0.1, 0.15) is 5.01 Å². The van der Waals surface area contributed by atoms with E-state index in [1.54, 1.807) is 11.3 Å². The number of thiazole rings is 1. The van der Waals surface area contributed by atoms with E-state index < -0.39 is 0 Å². The van der Waals surface area contributed by atoms with Crippen LogP contribution in [0.3, 0.4) is 0 Å². The zero-order chi connectivity index (χ0) is 17.4. The van der Waals surface area contributed by atoms with Crippen molar-refractivity contribution in [1.29, 1.82) is 0 Å². The number of piperidine rings is 1. The molecule has 1 fully saturated rings. The molecule has 8 heteroatoms. The van der Waals surface area contributed by atoms with Crippen molar-refractivity contribution in [3.8, 4) is 0 Å². The van der Waals surface area contributed by atoms with Gasteiger partial charge in [0.25, 0.3) is 0 Å². The van der Waals surface area contributed by atoms with E-state index in [1.807, 2.05) is 13.1 Å². The predicted octanol–water partition coefficient (Wildman–Crippen LogP) is 3.06. The van der Waals surface area contributed by atoms with E-state index in [0.717, 1.165) is 49.9 Å². The van der Waals surface area contributed by atoms with Crippen molar-refractivity contribution < 1.29 is 9.53 Å². The second kappa shape index (κ2) is 11.7. The third kappa shape index (κ3) is 6.73. The minimum absolute atomic E-state index is 0. The highest BCUT2D eigenvalue weighted by Gasteiger charge is 2.27. The van der Waals surface area contributed by atoms with Crippen LogP contribution in [0.5, 0.6) is 0 Å². The van der Waals surface area contributed by atoms with Crippen LogP contribution < -0.4 is 5.32 Å². The fourth-order valence-corrected chi connectivity index (χ4v) is 3.53. The highest BCUT2D eigenvalue weighted by Crippen LogP contribution is 2.19. The highest BCUT2D eigenvalue weighted by atomic mass is 127. The van der Waals surface area contributed by atoms with Crippen molar-refractivity contribution >= 4 is 47.2 Å². The molecule has 0 bridgehead atoms. The van der Waals surface area contributed by atoms with Crippen LogP contribution >= 0.6 is 35.3 Å². The molecule has 25 heavy (non-hydrogen) atoms. The summed E-state index contributed by atoms with van der Waals surface area (Å²) >= 11 is 1.72. The lowest BCUT2D eigenvalue weighted by atomic mass is 9.97. The van der Waals surface area contributed by atoms with E-state index in [2.05, 4.69) is 29.0 Å². The molecular formula is C17H29IN4O2S. The summed E-state index contributed by atoms with van der Waals surface area (Å²) in [5, 5.41) is 4.39. The van der Waals surface area contributed by atoms with Gasteiger partial charge in [0, 0.05) is 30.7 Å². The average molecular weight is 480 g/mol. The van der Waals surface area contributed by atoms with Gasteiger partial charge in [0.05, 0.1) is 19.1 Å². The van der Waals surface area contributed by atoms with E-state index >= 15 is 0 Å². The molecule has 142 valence electrons. The molecule has 6 nitrogen and oxygen atoms in total. The second-order valence-electron chi connectivity index (χ2n) is 5.76. The lowest BCUT2D eigenvalue weighted by Gasteiger charge is -2.33. The molecule has 1 aliphatic rings. The number of hydrogen-bond acceptors (Lipinski definition) is 5. The number of nitrogens with one attached hydrogen (secondary N) is 1. The van der Waals surface area contributed by atoms with Crippen LogP contribution in [0.1, 0.15) is 43.5 Å². The maximum atomic E-state index is 11.8. The van der Waals surface area contributed by atoms with Crippen LogP contribution in [-0.4, -0.2) is 48.1 Å². The van der Waals surface area contributed by atoms with Gasteiger partial charge in [-0.15, -0.1) is 35.3 Å². The summed E-state index contributed by atoms with van der Waals surface area (Å²) in [4.78, 5) is 24.5. The van der Waals surface area contributed by atoms with Gasteiger partial charge in [0.15, 0.2) is 5.96 Å². The van der Waals surface area contributed by atoms with Crippen LogP contribution in [0.2, 0.25) is 0 Å². The van der Waals surface area contributed by atoms with Crippen molar-refractivity contribution in [2.75, 3.05) is 26.2 Å². The number of esters is 1. The zero-order valence-corrected chi connectivity index (χ0v) is 18.4. The lowest BCUT2D eigenvalue weighted by Crippen LogP contribution is -2.46. The highest BCUT2D eigenvalue weighted by molar-refractivity contribution is 14.0. The molecule has 1 aliphatic heterocycles. The Morgan fingerprint density at radius 2 is 2.12 bits per heavy atom. The minimum Gasteiger partial charge on any atom is -0.466 e. The van der Waals surface area contributed by atoms with Crippen LogP contribution in [0, 0.1) is 5.92 Å². The quantitative estimate of drug-likeness (QED) is 0.294. The molecule has 1 aromatic heterocycles. The van der Waals surface area contributed by atoms with Gasteiger partial charge in [0.2, 0.25) is 0 Å². The van der Waals surface area contributed by atoms with E-state index in [1.165, 1.54) is 4.88 Å². The van der Waals surface area contributed by atoms with E-state index in [9.17, 15) is 4.79 Å². The Kier molecular flexibility index (Phi) is 10.3. The predicted molar refractivity (Wildman–Crippen MR) is 113 cm³/mol. The topological polar surface area (TPSA) is 66.8 Å². The summed E-state index contributed by atoms with van der Waals surface area (Å²) in [6.07, 6.45) is 4.59. The van der Waals surface area contributed by atoms with Gasteiger partial charge in [-0.1, -0.05) is 6.92 Å². The van der Waals surface area contributed by atoms with Crippen LogP contribution in [-0.2, 0) is 22.5 Å². The van der Waals surface area contributed by atoms with Crippen LogP contribution in [0.15, 0.2) is 11.2 Å². The normalized spacial score (nSPS) is 15.6. The summed E-state index contributed by atoms with van der Waals surface area (Å²) in [6, 6.07) is 0. The molecule has 2 rings (SSSR count). The molecule has 0 aliphatic carbocycles. The molecule has 1 saturated heterocycles. The number of guanidine groups is 1. The Morgan fingerprint density at radius 3 is 2.68 bits per heavy atom. The van der Waals surface area contributed by atoms with E-state index in [-0.39, 0.29) is 35.9 Å². The standard InChI is InChI=1S/C17H28N4O2S.HI/c1-4-14-11-19-15(24-14)12-20-17(18-5-2)21-9-7-13(8-10-21)16(22)23-6-3;/h11,13H,4-10,12H2,1-3H3,(H,18,20);1H. The first-order valence-electron chi connectivity index (χ1n) is 8.81. The molecule has 0 atom stereocenters. The minimum atomic E-state index is -0.0611. The number of aliphatic imine (C=N–C) groups is 1. The Labute approximate surface area is 171 Å². The number of hydrogen-bond donors (Lipinski definition) is 1. The first-order chi connectivity index (χ1) is 11.7. The molecule has 0 spiro atoms. The van der Waals surface area contributed by atoms with Gasteiger partial charge in [-0.25, -0.2) is 9.98 Å². The van der Waals surface area contributed by atoms with Crippen molar-refractivity contribution in [3.05, 3.63) is 16.1 Å². The maximum absolute atomic E-state index is 11.8. The van der Waals surface area contributed by atoms with Gasteiger partial charge < -0.3 is 15.0 Å². The number of carbonyl (C=O) groups is 1. The van der Waals surface area contributed by atoms with Crippen molar-refractivity contribution in [2.45, 2.75) is 46.6 Å². The molecule has 2 heterocycles. The van der Waals surface area contributed by atoms with Crippen molar-refractivity contribution in [3.63, 3.8) is 0 Å². The van der Waals surface area contributed by atoms with Crippen molar-refractivity contribution in [2.24, 2.45) is 10.9 Å². The first-order valence-corrected chi connectivity index (χ1v) is 9.63. The Bertz CT molecular complexity index is 557. The van der Waals surface area contributed by atoms with Crippen molar-refractivity contribution in [1.82, 2.24) is 15.2 Å². The summed E-state index contributed by atoms with van der Waals surface area (Å²) in [7, 11) is 0. The summed E-state index contributed by atoms with van der Waals surface area (Å²) < 4.78 is 5.13. The third-order valence-electron chi connectivity index (χ3n) is 4.06. The molecule has 0 saturated carbocycles. The first kappa shape index (κ1) is 22.1. The fourth-order valence-electron chi connectivity index (χ4n) is 2.74. The average Bonchev–Trinajstić information content (AvgIpc) is 3.07. The number of halogens is 1. The summed E-state index contributed by atoms with van der Waals surface area (Å²) in [5.74, 6) is 0.872. The van der Waals surface area contributed by atoms with Crippen LogP contribution in [0.4, 0.5) is 0 Å². The molecule has 0 amide bonds. The van der Waals surface area contributed by atoms with Gasteiger partial charge in [-0.3, -0.25) is 4.79 Å². The number of carbonyl (C=O) groups excluding carboxylic acids is 1. The number of nitrogens with zero attached hydrogens (tertiary/aromatic N) is 3. The maximum Gasteiger partial charge on any atom is 0.309 e. The lowest BCUT2D eigenvalue weighted by molar-refractivity contribution is -0.149. The summed E-state index contributed by atoms with van der Waals surface area (Å²) in [6.45, 7) is 9.60. The molecule has 1 aromatic rings. The van der Waals surface area contributed by atoms with Gasteiger partial charge in [-0.05, 0) is 33.1 Å². The molecule has 0 unspecified atom stereocenters. The largest absolute Gasteiger partial charge is 0.466 e. The van der Waals surface area contributed by atoms with Gasteiger partial charge in [-0.2, -0.15) is 0 Å². The number of rotatable bonds is 6. The molecular weight excluding hydrogens is 451 g/mol. The summed E-state index contributed by atoms with van der Waals surface area (Å²) in [5.41, 5.74) is 0. The molecule has 0 radical (unpaired) electrons. The monoisotopic (exact) mass is 480 g/mol.